The number of aryl methyl sites for hydroxylation is 1. The highest BCUT2D eigenvalue weighted by Gasteiger charge is 2.34. The Kier molecular flexibility index (Phi) is 5.38. The SMILES string of the molecule is Cc1cc(O)c(CN2C[C@@H](C)C[C@H](C)C2)c2c1C(=O)/C(=C/c1cc3cc(Br)ccc3o1)O2. The van der Waals surface area contributed by atoms with Crippen LogP contribution in [0.1, 0.15) is 47.5 Å². The molecule has 3 heterocycles. The predicted octanol–water partition coefficient (Wildman–Crippen LogP) is 6.30. The molecule has 1 fully saturated rings. The third-order valence-corrected chi connectivity index (χ3v) is 6.81. The summed E-state index contributed by atoms with van der Waals surface area (Å²) in [6.45, 7) is 8.84. The van der Waals surface area contributed by atoms with Crippen LogP contribution in [0.4, 0.5) is 0 Å². The number of allylic oxidation sites excluding steroid dienone is 1. The summed E-state index contributed by atoms with van der Waals surface area (Å²) in [5.41, 5.74) is 2.66. The molecule has 0 bridgehead atoms. The maximum Gasteiger partial charge on any atom is 0.232 e. The average molecular weight is 496 g/mol. The number of piperidine rings is 1. The van der Waals surface area contributed by atoms with Crippen molar-refractivity contribution in [3.05, 3.63) is 63.0 Å². The van der Waals surface area contributed by atoms with E-state index >= 15 is 0 Å². The number of ketones is 1. The lowest BCUT2D eigenvalue weighted by Gasteiger charge is -2.35. The number of hydrogen-bond acceptors (Lipinski definition) is 5. The van der Waals surface area contributed by atoms with E-state index in [-0.39, 0.29) is 17.3 Å². The summed E-state index contributed by atoms with van der Waals surface area (Å²) in [5, 5.41) is 11.7. The largest absolute Gasteiger partial charge is 0.507 e. The topological polar surface area (TPSA) is 62.9 Å². The number of halogens is 1. The Hall–Kier alpha value is -2.57. The smallest absolute Gasteiger partial charge is 0.232 e. The van der Waals surface area contributed by atoms with Gasteiger partial charge in [-0.15, -0.1) is 0 Å². The van der Waals surface area contributed by atoms with Gasteiger partial charge in [-0.2, -0.15) is 0 Å². The zero-order chi connectivity index (χ0) is 22.6. The number of fused-ring (bicyclic) bond motifs is 2. The van der Waals surface area contributed by atoms with E-state index in [1.165, 1.54) is 6.42 Å². The third kappa shape index (κ3) is 3.86. The molecule has 2 atom stereocenters. The summed E-state index contributed by atoms with van der Waals surface area (Å²) >= 11 is 3.47. The van der Waals surface area contributed by atoms with Crippen LogP contribution in [0, 0.1) is 18.8 Å². The Labute approximate surface area is 195 Å². The number of benzene rings is 2. The van der Waals surface area contributed by atoms with E-state index in [2.05, 4.69) is 34.7 Å². The average Bonchev–Trinajstić information content (AvgIpc) is 3.25. The minimum Gasteiger partial charge on any atom is -0.507 e. The molecule has 5 rings (SSSR count). The minimum atomic E-state index is -0.180. The number of furan rings is 1. The van der Waals surface area contributed by atoms with E-state index in [0.29, 0.717) is 46.6 Å². The van der Waals surface area contributed by atoms with Crippen molar-refractivity contribution < 1.29 is 19.1 Å². The second-order valence-corrected chi connectivity index (χ2v) is 10.2. The maximum absolute atomic E-state index is 13.2. The molecular formula is C26H26BrNO4. The molecule has 1 N–H and O–H groups in total. The lowest BCUT2D eigenvalue weighted by molar-refractivity contribution is 0.101. The van der Waals surface area contributed by atoms with E-state index in [0.717, 1.165) is 28.5 Å². The first-order valence-corrected chi connectivity index (χ1v) is 11.8. The first-order valence-electron chi connectivity index (χ1n) is 11.0. The van der Waals surface area contributed by atoms with Crippen LogP contribution < -0.4 is 4.74 Å². The van der Waals surface area contributed by atoms with Gasteiger partial charge in [0.05, 0.1) is 11.1 Å². The van der Waals surface area contributed by atoms with E-state index in [9.17, 15) is 9.90 Å². The molecule has 5 nitrogen and oxygen atoms in total. The Morgan fingerprint density at radius 2 is 1.94 bits per heavy atom. The van der Waals surface area contributed by atoms with Crippen LogP contribution in [-0.4, -0.2) is 28.9 Å². The molecule has 0 unspecified atom stereocenters. The van der Waals surface area contributed by atoms with Crippen LogP contribution in [0.5, 0.6) is 11.5 Å². The van der Waals surface area contributed by atoms with Gasteiger partial charge in [0.15, 0.2) is 5.76 Å². The number of Topliss-reactive ketones (excluding diaryl/α,β-unsaturated/α-hetero) is 1. The number of aromatic hydroxyl groups is 1. The van der Waals surface area contributed by atoms with Crippen molar-refractivity contribution in [2.45, 2.75) is 33.7 Å². The Balaban J connectivity index is 1.49. The number of hydrogen-bond donors (Lipinski definition) is 1. The van der Waals surface area contributed by atoms with Gasteiger partial charge >= 0.3 is 0 Å². The fourth-order valence-corrected chi connectivity index (χ4v) is 5.49. The minimum absolute atomic E-state index is 0.176. The van der Waals surface area contributed by atoms with Crippen LogP contribution >= 0.6 is 15.9 Å². The van der Waals surface area contributed by atoms with Crippen LogP contribution in [0.25, 0.3) is 17.0 Å². The number of ether oxygens (including phenoxy) is 1. The summed E-state index contributed by atoms with van der Waals surface area (Å²) < 4.78 is 12.9. The van der Waals surface area contributed by atoms with E-state index in [1.54, 1.807) is 12.1 Å². The molecule has 3 aromatic rings. The van der Waals surface area contributed by atoms with Crippen molar-refractivity contribution in [2.75, 3.05) is 13.1 Å². The van der Waals surface area contributed by atoms with Gasteiger partial charge in [-0.25, -0.2) is 0 Å². The molecule has 0 radical (unpaired) electrons. The summed E-state index contributed by atoms with van der Waals surface area (Å²) in [6.07, 6.45) is 2.85. The van der Waals surface area contributed by atoms with E-state index in [4.69, 9.17) is 9.15 Å². The standard InChI is InChI=1S/C26H26BrNO4/c1-14-6-15(2)12-28(11-14)13-20-21(29)7-16(3)24-25(30)23(32-26(20)24)10-19-9-17-8-18(27)4-5-22(17)31-19/h4-5,7-10,14-15,29H,6,11-13H2,1-3H3/b23-10-/t14-,15-/m0/s1. The van der Waals surface area contributed by atoms with Crippen LogP contribution in [0.3, 0.4) is 0 Å². The van der Waals surface area contributed by atoms with Crippen LogP contribution in [0.15, 0.2) is 45.0 Å². The van der Waals surface area contributed by atoms with Crippen molar-refractivity contribution in [1.82, 2.24) is 4.90 Å². The van der Waals surface area contributed by atoms with Gasteiger partial charge in [0.1, 0.15) is 22.8 Å². The van der Waals surface area contributed by atoms with Gasteiger partial charge in [0.2, 0.25) is 5.78 Å². The molecule has 0 amide bonds. The highest BCUT2D eigenvalue weighted by molar-refractivity contribution is 9.10. The van der Waals surface area contributed by atoms with Crippen molar-refractivity contribution in [2.24, 2.45) is 11.8 Å². The number of phenols is 1. The molecule has 2 aromatic carbocycles. The highest BCUT2D eigenvalue weighted by Crippen LogP contribution is 2.43. The molecule has 2 aliphatic rings. The van der Waals surface area contributed by atoms with Crippen molar-refractivity contribution in [1.29, 1.82) is 0 Å². The zero-order valence-electron chi connectivity index (χ0n) is 18.4. The molecule has 6 heteroatoms. The molecule has 166 valence electrons. The second-order valence-electron chi connectivity index (χ2n) is 9.31. The lowest BCUT2D eigenvalue weighted by atomic mass is 9.91. The number of likely N-dealkylation sites (tertiary alicyclic amines) is 1. The van der Waals surface area contributed by atoms with Gasteiger partial charge in [-0.05, 0) is 61.1 Å². The number of carbonyl (C=O) groups is 1. The van der Waals surface area contributed by atoms with Crippen LogP contribution in [0.2, 0.25) is 0 Å². The first kappa shape index (κ1) is 21.3. The normalized spacial score (nSPS) is 22.5. The molecule has 0 saturated carbocycles. The van der Waals surface area contributed by atoms with Gasteiger partial charge < -0.3 is 14.3 Å². The van der Waals surface area contributed by atoms with Crippen LogP contribution in [-0.2, 0) is 6.54 Å². The highest BCUT2D eigenvalue weighted by atomic mass is 79.9. The van der Waals surface area contributed by atoms with Gasteiger partial charge in [0.25, 0.3) is 0 Å². The summed E-state index contributed by atoms with van der Waals surface area (Å²) in [4.78, 5) is 15.6. The monoisotopic (exact) mass is 495 g/mol. The van der Waals surface area contributed by atoms with Gasteiger partial charge in [-0.1, -0.05) is 29.8 Å². The molecule has 0 spiro atoms. The van der Waals surface area contributed by atoms with Gasteiger partial charge in [-0.3, -0.25) is 9.69 Å². The Bertz CT molecular complexity index is 1250. The number of nitrogens with zero attached hydrogens (tertiary/aromatic N) is 1. The van der Waals surface area contributed by atoms with Gasteiger partial charge in [0, 0.05) is 35.6 Å². The zero-order valence-corrected chi connectivity index (χ0v) is 20.0. The molecular weight excluding hydrogens is 470 g/mol. The number of phenolic OH excluding ortho intramolecular Hbond substituents is 1. The first-order chi connectivity index (χ1) is 15.3. The lowest BCUT2D eigenvalue weighted by Crippen LogP contribution is -2.38. The Morgan fingerprint density at radius 1 is 1.19 bits per heavy atom. The maximum atomic E-state index is 13.2. The van der Waals surface area contributed by atoms with Crippen molar-refractivity contribution >= 4 is 38.8 Å². The molecule has 1 saturated heterocycles. The molecule has 0 aliphatic carbocycles. The number of rotatable bonds is 3. The summed E-state index contributed by atoms with van der Waals surface area (Å²) in [5.74, 6) is 2.44. The fourth-order valence-electron chi connectivity index (χ4n) is 5.11. The fraction of sp³-hybridized carbons (Fsp3) is 0.346. The Morgan fingerprint density at radius 3 is 2.69 bits per heavy atom. The molecule has 2 aliphatic heterocycles. The predicted molar refractivity (Wildman–Crippen MR) is 128 cm³/mol. The third-order valence-electron chi connectivity index (χ3n) is 6.32. The molecule has 1 aromatic heterocycles. The molecule has 32 heavy (non-hydrogen) atoms. The summed E-state index contributed by atoms with van der Waals surface area (Å²) in [6, 6.07) is 9.32. The van der Waals surface area contributed by atoms with Crippen molar-refractivity contribution in [3.8, 4) is 11.5 Å². The van der Waals surface area contributed by atoms with E-state index < -0.39 is 0 Å². The second kappa shape index (κ2) is 8.09. The quantitative estimate of drug-likeness (QED) is 0.431. The number of carbonyl (C=O) groups excluding carboxylic acids is 1. The van der Waals surface area contributed by atoms with E-state index in [1.807, 2.05) is 31.2 Å². The van der Waals surface area contributed by atoms with Crippen molar-refractivity contribution in [3.63, 3.8) is 0 Å². The summed E-state index contributed by atoms with van der Waals surface area (Å²) in [7, 11) is 0.